The van der Waals surface area contributed by atoms with E-state index >= 15 is 0 Å². The van der Waals surface area contributed by atoms with Crippen LogP contribution in [-0.4, -0.2) is 23.2 Å². The van der Waals surface area contributed by atoms with Gasteiger partial charge in [-0.25, -0.2) is 0 Å². The highest BCUT2D eigenvalue weighted by atomic mass is 32.2. The molecule has 0 atom stereocenters. The topological polar surface area (TPSA) is 62.0 Å². The van der Waals surface area contributed by atoms with Crippen LogP contribution in [0.1, 0.15) is 21.5 Å². The lowest BCUT2D eigenvalue weighted by atomic mass is 10.2. The maximum absolute atomic E-state index is 11.8. The predicted molar refractivity (Wildman–Crippen MR) is 86.7 cm³/mol. The molecule has 0 bridgehead atoms. The predicted octanol–water partition coefficient (Wildman–Crippen LogP) is 2.35. The minimum Gasteiger partial charge on any atom is -0.351 e. The first kappa shape index (κ1) is 15.4. The van der Waals surface area contributed by atoms with Gasteiger partial charge in [-0.2, -0.15) is 11.8 Å². The summed E-state index contributed by atoms with van der Waals surface area (Å²) in [7, 11) is 0. The Kier molecular flexibility index (Phi) is 5.63. The van der Waals surface area contributed by atoms with Crippen LogP contribution in [0.2, 0.25) is 0 Å². The largest absolute Gasteiger partial charge is 0.351 e. The number of nitrogens with one attached hydrogen (secondary N) is 2. The lowest BCUT2D eigenvalue weighted by Gasteiger charge is -2.05. The first-order chi connectivity index (χ1) is 10.1. The molecule has 21 heavy (non-hydrogen) atoms. The van der Waals surface area contributed by atoms with E-state index in [9.17, 15) is 9.59 Å². The zero-order valence-electron chi connectivity index (χ0n) is 11.9. The Morgan fingerprint density at radius 3 is 2.62 bits per heavy atom. The number of hydrogen-bond donors (Lipinski definition) is 2. The molecular weight excluding hydrogens is 284 g/mol. The standard InChI is InChI=1S/C16H18N2O2S/c1-12-2-4-13(5-3-12)11-21-9-8-17-16(20)14-6-7-15(19)18-10-14/h2-7,10H,8-9,11H2,1H3,(H,17,20)(H,18,19). The van der Waals surface area contributed by atoms with Gasteiger partial charge in [0.05, 0.1) is 5.56 Å². The summed E-state index contributed by atoms with van der Waals surface area (Å²) < 4.78 is 0. The normalized spacial score (nSPS) is 10.3. The van der Waals surface area contributed by atoms with Gasteiger partial charge < -0.3 is 10.3 Å². The van der Waals surface area contributed by atoms with Gasteiger partial charge in [-0.3, -0.25) is 9.59 Å². The van der Waals surface area contributed by atoms with Gasteiger partial charge in [0.15, 0.2) is 0 Å². The van der Waals surface area contributed by atoms with Crippen molar-refractivity contribution in [2.45, 2.75) is 12.7 Å². The van der Waals surface area contributed by atoms with Gasteiger partial charge in [-0.1, -0.05) is 29.8 Å². The van der Waals surface area contributed by atoms with Crippen LogP contribution in [0.25, 0.3) is 0 Å². The molecule has 0 radical (unpaired) electrons. The fourth-order valence-electron chi connectivity index (χ4n) is 1.76. The molecule has 1 aromatic carbocycles. The van der Waals surface area contributed by atoms with E-state index in [2.05, 4.69) is 41.5 Å². The average molecular weight is 302 g/mol. The summed E-state index contributed by atoms with van der Waals surface area (Å²) >= 11 is 1.78. The minimum atomic E-state index is -0.208. The number of rotatable bonds is 6. The van der Waals surface area contributed by atoms with Gasteiger partial charge in [0.2, 0.25) is 5.56 Å². The fraction of sp³-hybridized carbons (Fsp3) is 0.250. The lowest BCUT2D eigenvalue weighted by molar-refractivity contribution is 0.0956. The van der Waals surface area contributed by atoms with Gasteiger partial charge >= 0.3 is 0 Å². The van der Waals surface area contributed by atoms with Crippen molar-refractivity contribution in [1.82, 2.24) is 10.3 Å². The number of pyridine rings is 1. The number of aryl methyl sites for hydroxylation is 1. The number of carbonyl (C=O) groups is 1. The van der Waals surface area contributed by atoms with E-state index in [1.54, 1.807) is 11.8 Å². The number of thioether (sulfide) groups is 1. The van der Waals surface area contributed by atoms with Crippen molar-refractivity contribution in [1.29, 1.82) is 0 Å². The van der Waals surface area contributed by atoms with Gasteiger partial charge in [-0.05, 0) is 18.6 Å². The van der Waals surface area contributed by atoms with Gasteiger partial charge in [0.25, 0.3) is 5.91 Å². The van der Waals surface area contributed by atoms with Crippen LogP contribution in [0.4, 0.5) is 0 Å². The van der Waals surface area contributed by atoms with Crippen molar-refractivity contribution in [3.05, 3.63) is 69.6 Å². The number of H-pyrrole nitrogens is 1. The monoisotopic (exact) mass is 302 g/mol. The summed E-state index contributed by atoms with van der Waals surface area (Å²) in [5, 5.41) is 2.83. The summed E-state index contributed by atoms with van der Waals surface area (Å²) in [5.74, 6) is 1.62. The third-order valence-corrected chi connectivity index (χ3v) is 4.00. The molecule has 0 aliphatic rings. The molecule has 0 aliphatic carbocycles. The minimum absolute atomic E-state index is 0.165. The number of benzene rings is 1. The third-order valence-electron chi connectivity index (χ3n) is 2.97. The molecule has 2 N–H and O–H groups in total. The van der Waals surface area contributed by atoms with Crippen LogP contribution in [0.3, 0.4) is 0 Å². The van der Waals surface area contributed by atoms with Gasteiger partial charge in [0, 0.05) is 30.3 Å². The number of hydrogen-bond acceptors (Lipinski definition) is 3. The number of carbonyl (C=O) groups excluding carboxylic acids is 1. The Bertz CT molecular complexity index is 630. The summed E-state index contributed by atoms with van der Waals surface area (Å²) in [6.45, 7) is 2.68. The average Bonchev–Trinajstić information content (AvgIpc) is 2.49. The second-order valence-corrected chi connectivity index (χ2v) is 5.84. The van der Waals surface area contributed by atoms with E-state index in [-0.39, 0.29) is 11.5 Å². The van der Waals surface area contributed by atoms with Crippen LogP contribution >= 0.6 is 11.8 Å². The van der Waals surface area contributed by atoms with Gasteiger partial charge in [-0.15, -0.1) is 0 Å². The van der Waals surface area contributed by atoms with E-state index in [4.69, 9.17) is 0 Å². The molecule has 0 saturated heterocycles. The van der Waals surface area contributed by atoms with E-state index in [0.29, 0.717) is 12.1 Å². The number of aromatic amines is 1. The Morgan fingerprint density at radius 2 is 1.95 bits per heavy atom. The SMILES string of the molecule is Cc1ccc(CSCCNC(=O)c2ccc(=O)[nH]c2)cc1. The number of aromatic nitrogens is 1. The molecule has 1 heterocycles. The molecular formula is C16H18N2O2S. The molecule has 0 unspecified atom stereocenters. The molecule has 110 valence electrons. The summed E-state index contributed by atoms with van der Waals surface area (Å²) in [6.07, 6.45) is 1.43. The Labute approximate surface area is 128 Å². The van der Waals surface area contributed by atoms with E-state index in [1.807, 2.05) is 0 Å². The zero-order chi connectivity index (χ0) is 15.1. The van der Waals surface area contributed by atoms with Crippen LogP contribution in [-0.2, 0) is 5.75 Å². The maximum atomic E-state index is 11.8. The maximum Gasteiger partial charge on any atom is 0.252 e. The van der Waals surface area contributed by atoms with Gasteiger partial charge in [0.1, 0.15) is 0 Å². The molecule has 2 aromatic rings. The second-order valence-electron chi connectivity index (χ2n) is 4.74. The van der Waals surface area contributed by atoms with Crippen molar-refractivity contribution >= 4 is 17.7 Å². The van der Waals surface area contributed by atoms with E-state index < -0.39 is 0 Å². The highest BCUT2D eigenvalue weighted by Gasteiger charge is 2.04. The highest BCUT2D eigenvalue weighted by Crippen LogP contribution is 2.12. The molecule has 2 rings (SSSR count). The van der Waals surface area contributed by atoms with Crippen LogP contribution in [0, 0.1) is 6.92 Å². The fourth-order valence-corrected chi connectivity index (χ4v) is 2.58. The first-order valence-electron chi connectivity index (χ1n) is 6.75. The molecule has 0 aliphatic heterocycles. The Balaban J connectivity index is 1.67. The summed E-state index contributed by atoms with van der Waals surface area (Å²) in [4.78, 5) is 25.2. The summed E-state index contributed by atoms with van der Waals surface area (Å²) in [6, 6.07) is 11.3. The molecule has 0 fully saturated rings. The Hall–Kier alpha value is -2.01. The number of amides is 1. The van der Waals surface area contributed by atoms with E-state index in [0.717, 1.165) is 11.5 Å². The van der Waals surface area contributed by atoms with Crippen molar-refractivity contribution in [3.8, 4) is 0 Å². The third kappa shape index (κ3) is 5.11. The van der Waals surface area contributed by atoms with Crippen molar-refractivity contribution in [2.75, 3.05) is 12.3 Å². The van der Waals surface area contributed by atoms with Crippen LogP contribution in [0.15, 0.2) is 47.4 Å². The van der Waals surface area contributed by atoms with Crippen LogP contribution < -0.4 is 10.9 Å². The molecule has 5 heteroatoms. The smallest absolute Gasteiger partial charge is 0.252 e. The van der Waals surface area contributed by atoms with Crippen molar-refractivity contribution < 1.29 is 4.79 Å². The van der Waals surface area contributed by atoms with Crippen molar-refractivity contribution in [2.24, 2.45) is 0 Å². The van der Waals surface area contributed by atoms with Crippen molar-refractivity contribution in [3.63, 3.8) is 0 Å². The van der Waals surface area contributed by atoms with Crippen LogP contribution in [0.5, 0.6) is 0 Å². The zero-order valence-corrected chi connectivity index (χ0v) is 12.7. The summed E-state index contributed by atoms with van der Waals surface area (Å²) in [5.41, 5.74) is 2.81. The Morgan fingerprint density at radius 1 is 1.19 bits per heavy atom. The lowest BCUT2D eigenvalue weighted by Crippen LogP contribution is -2.26. The quantitative estimate of drug-likeness (QED) is 0.805. The first-order valence-corrected chi connectivity index (χ1v) is 7.91. The molecule has 0 saturated carbocycles. The van der Waals surface area contributed by atoms with E-state index in [1.165, 1.54) is 29.5 Å². The highest BCUT2D eigenvalue weighted by molar-refractivity contribution is 7.98. The molecule has 4 nitrogen and oxygen atoms in total. The molecule has 0 spiro atoms. The molecule has 1 amide bonds. The second kappa shape index (κ2) is 7.69. The molecule has 1 aromatic heterocycles.